The fourth-order valence-corrected chi connectivity index (χ4v) is 3.34. The zero-order valence-electron chi connectivity index (χ0n) is 17.9. The maximum Gasteiger partial charge on any atom is 0.191 e. The van der Waals surface area contributed by atoms with Crippen molar-refractivity contribution < 1.29 is 18.3 Å². The van der Waals surface area contributed by atoms with Gasteiger partial charge in [0.15, 0.2) is 5.96 Å². The molecule has 1 unspecified atom stereocenters. The van der Waals surface area contributed by atoms with Crippen LogP contribution in [0.2, 0.25) is 0 Å². The summed E-state index contributed by atoms with van der Waals surface area (Å²) in [6.07, 6.45) is 1.52. The molecule has 0 bridgehead atoms. The van der Waals surface area contributed by atoms with Crippen molar-refractivity contribution in [3.05, 3.63) is 64.7 Å². The van der Waals surface area contributed by atoms with Gasteiger partial charge in [0, 0.05) is 44.3 Å². The summed E-state index contributed by atoms with van der Waals surface area (Å²) in [5.74, 6) is 0.781. The minimum atomic E-state index is -0.566. The van der Waals surface area contributed by atoms with E-state index in [-0.39, 0.29) is 24.0 Å². The molecule has 0 amide bonds. The molecule has 2 aromatic carbocycles. The molecule has 3 rings (SSSR count). The normalized spacial score (nSPS) is 16.0. The van der Waals surface area contributed by atoms with Gasteiger partial charge in [-0.3, -0.25) is 4.99 Å². The summed E-state index contributed by atoms with van der Waals surface area (Å²) >= 11 is 0. The van der Waals surface area contributed by atoms with Crippen LogP contribution in [0.5, 0.6) is 5.75 Å². The Kier molecular flexibility index (Phi) is 10.5. The monoisotopic (exact) mass is 545 g/mol. The number of benzene rings is 2. The molecule has 2 aromatic rings. The molecule has 5 nitrogen and oxygen atoms in total. The van der Waals surface area contributed by atoms with E-state index in [1.165, 1.54) is 12.1 Å². The first-order valence-corrected chi connectivity index (χ1v) is 10.2. The predicted molar refractivity (Wildman–Crippen MR) is 129 cm³/mol. The quantitative estimate of drug-likeness (QED) is 0.297. The van der Waals surface area contributed by atoms with Gasteiger partial charge in [-0.25, -0.2) is 8.78 Å². The lowest BCUT2D eigenvalue weighted by Gasteiger charge is -2.17. The van der Waals surface area contributed by atoms with Gasteiger partial charge in [-0.05, 0) is 49.1 Å². The lowest BCUT2D eigenvalue weighted by atomic mass is 10.1. The second-order valence-corrected chi connectivity index (χ2v) is 7.53. The first-order chi connectivity index (χ1) is 14.5. The van der Waals surface area contributed by atoms with Crippen LogP contribution in [-0.4, -0.2) is 39.4 Å². The minimum absolute atomic E-state index is 0. The van der Waals surface area contributed by atoms with Crippen molar-refractivity contribution in [1.29, 1.82) is 0 Å². The number of halogens is 3. The largest absolute Gasteiger partial charge is 0.493 e. The van der Waals surface area contributed by atoms with Crippen molar-refractivity contribution in [1.82, 2.24) is 10.6 Å². The molecule has 170 valence electrons. The Morgan fingerprint density at radius 1 is 1.16 bits per heavy atom. The molecule has 0 spiro atoms. The van der Waals surface area contributed by atoms with Gasteiger partial charge in [0.25, 0.3) is 0 Å². The maximum absolute atomic E-state index is 13.3. The smallest absolute Gasteiger partial charge is 0.191 e. The van der Waals surface area contributed by atoms with Gasteiger partial charge < -0.3 is 20.1 Å². The van der Waals surface area contributed by atoms with Crippen molar-refractivity contribution in [2.45, 2.75) is 26.3 Å². The number of aliphatic imine (C=N–C) groups is 1. The first kappa shape index (κ1) is 25.3. The van der Waals surface area contributed by atoms with E-state index in [1.807, 2.05) is 19.1 Å². The molecule has 31 heavy (non-hydrogen) atoms. The van der Waals surface area contributed by atoms with E-state index in [1.54, 1.807) is 7.05 Å². The molecule has 0 saturated carbocycles. The number of rotatable bonds is 8. The third-order valence-electron chi connectivity index (χ3n) is 5.02. The number of hydrogen-bond acceptors (Lipinski definition) is 3. The molecule has 0 aromatic heterocycles. The van der Waals surface area contributed by atoms with E-state index >= 15 is 0 Å². The molecule has 1 heterocycles. The van der Waals surface area contributed by atoms with E-state index in [0.717, 1.165) is 42.6 Å². The van der Waals surface area contributed by atoms with E-state index in [2.05, 4.69) is 21.7 Å². The molecule has 1 fully saturated rings. The van der Waals surface area contributed by atoms with Gasteiger partial charge in [0.1, 0.15) is 17.4 Å². The Morgan fingerprint density at radius 3 is 2.61 bits per heavy atom. The van der Waals surface area contributed by atoms with Gasteiger partial charge in [-0.15, -0.1) is 24.0 Å². The Balaban J connectivity index is 0.00000341. The van der Waals surface area contributed by atoms with Crippen LogP contribution in [-0.2, 0) is 17.7 Å². The van der Waals surface area contributed by atoms with Gasteiger partial charge in [-0.2, -0.15) is 0 Å². The second-order valence-electron chi connectivity index (χ2n) is 7.53. The Labute approximate surface area is 199 Å². The van der Waals surface area contributed by atoms with Crippen LogP contribution < -0.4 is 15.4 Å². The summed E-state index contributed by atoms with van der Waals surface area (Å²) in [7, 11) is 1.68. The predicted octanol–water partition coefficient (Wildman–Crippen LogP) is 4.21. The fourth-order valence-electron chi connectivity index (χ4n) is 3.34. The average Bonchev–Trinajstić information content (AvgIpc) is 3.23. The van der Waals surface area contributed by atoms with Gasteiger partial charge in [0.2, 0.25) is 0 Å². The minimum Gasteiger partial charge on any atom is -0.493 e. The maximum atomic E-state index is 13.3. The molecule has 8 heteroatoms. The molecule has 1 aliphatic heterocycles. The highest BCUT2D eigenvalue weighted by Gasteiger charge is 2.17. The zero-order valence-corrected chi connectivity index (χ0v) is 20.2. The summed E-state index contributed by atoms with van der Waals surface area (Å²) in [5, 5.41) is 6.44. The van der Waals surface area contributed by atoms with Crippen LogP contribution in [0.4, 0.5) is 8.78 Å². The van der Waals surface area contributed by atoms with Crippen molar-refractivity contribution in [2.75, 3.05) is 33.4 Å². The van der Waals surface area contributed by atoms with Crippen LogP contribution in [0.25, 0.3) is 0 Å². The number of ether oxygens (including phenoxy) is 2. The second kappa shape index (κ2) is 12.8. The van der Waals surface area contributed by atoms with Crippen molar-refractivity contribution in [3.8, 4) is 5.75 Å². The van der Waals surface area contributed by atoms with Gasteiger partial charge >= 0.3 is 0 Å². The number of nitrogens with zero attached hydrogens (tertiary/aromatic N) is 1. The Hall–Kier alpha value is -1.94. The highest BCUT2D eigenvalue weighted by molar-refractivity contribution is 14.0. The number of aryl methyl sites for hydroxylation is 1. The SMILES string of the molecule is CN=C(NCCc1cc(F)cc(F)c1)NCc1ccc(C)cc1OCC1CCOC1.I. The number of guanidine groups is 1. The number of hydrogen-bond donors (Lipinski definition) is 2. The van der Waals surface area contributed by atoms with E-state index < -0.39 is 11.6 Å². The lowest BCUT2D eigenvalue weighted by Crippen LogP contribution is -2.38. The lowest BCUT2D eigenvalue weighted by molar-refractivity contribution is 0.166. The average molecular weight is 545 g/mol. The zero-order chi connectivity index (χ0) is 21.3. The van der Waals surface area contributed by atoms with Crippen LogP contribution in [0.3, 0.4) is 0 Å². The molecule has 0 radical (unpaired) electrons. The fraction of sp³-hybridized carbons (Fsp3) is 0.435. The third kappa shape index (κ3) is 8.25. The standard InChI is InChI=1S/C23H29F2N3O2.HI/c1-16-3-4-19(22(9-16)30-15-18-6-8-29-14-18)13-28-23(26-2)27-7-5-17-10-20(24)12-21(25)11-17;/h3-4,9-12,18H,5-8,13-15H2,1-2H3,(H2,26,27,28);1H. The summed E-state index contributed by atoms with van der Waals surface area (Å²) < 4.78 is 38.1. The summed E-state index contributed by atoms with van der Waals surface area (Å²) in [4.78, 5) is 4.21. The molecule has 1 saturated heterocycles. The Bertz CT molecular complexity index is 854. The van der Waals surface area contributed by atoms with Crippen LogP contribution >= 0.6 is 24.0 Å². The molecule has 0 aliphatic carbocycles. The topological polar surface area (TPSA) is 54.9 Å². The molecular formula is C23H30F2IN3O2. The van der Waals surface area contributed by atoms with Crippen LogP contribution in [0.15, 0.2) is 41.4 Å². The van der Waals surface area contributed by atoms with Crippen molar-refractivity contribution in [2.24, 2.45) is 10.9 Å². The molecule has 1 aliphatic rings. The highest BCUT2D eigenvalue weighted by atomic mass is 127. The van der Waals surface area contributed by atoms with E-state index in [9.17, 15) is 8.78 Å². The summed E-state index contributed by atoms with van der Waals surface area (Å²) in [6, 6.07) is 9.70. The van der Waals surface area contributed by atoms with Crippen LogP contribution in [0.1, 0.15) is 23.1 Å². The summed E-state index contributed by atoms with van der Waals surface area (Å²) in [6.45, 7) is 5.30. The van der Waals surface area contributed by atoms with Gasteiger partial charge in [-0.1, -0.05) is 12.1 Å². The number of nitrogens with one attached hydrogen (secondary N) is 2. The highest BCUT2D eigenvalue weighted by Crippen LogP contribution is 2.22. The molecule has 2 N–H and O–H groups in total. The third-order valence-corrected chi connectivity index (χ3v) is 5.02. The van der Waals surface area contributed by atoms with Crippen LogP contribution in [0, 0.1) is 24.5 Å². The van der Waals surface area contributed by atoms with E-state index in [0.29, 0.717) is 43.6 Å². The summed E-state index contributed by atoms with van der Waals surface area (Å²) in [5.41, 5.74) is 2.77. The molecule has 1 atom stereocenters. The Morgan fingerprint density at radius 2 is 1.94 bits per heavy atom. The van der Waals surface area contributed by atoms with Crippen molar-refractivity contribution in [3.63, 3.8) is 0 Å². The van der Waals surface area contributed by atoms with Crippen molar-refractivity contribution >= 4 is 29.9 Å². The first-order valence-electron chi connectivity index (χ1n) is 10.2. The van der Waals surface area contributed by atoms with E-state index in [4.69, 9.17) is 9.47 Å². The van der Waals surface area contributed by atoms with Gasteiger partial charge in [0.05, 0.1) is 13.2 Å². The molecular weight excluding hydrogens is 515 g/mol.